The Hall–Kier alpha value is -1.40. The zero-order valence-electron chi connectivity index (χ0n) is 12.1. The normalized spacial score (nSPS) is 17.0. The predicted molar refractivity (Wildman–Crippen MR) is 84.8 cm³/mol. The summed E-state index contributed by atoms with van der Waals surface area (Å²) < 4.78 is 0.950. The van der Waals surface area contributed by atoms with Gasteiger partial charge in [0.25, 0.3) is 0 Å². The van der Waals surface area contributed by atoms with Crippen molar-refractivity contribution in [2.45, 2.75) is 19.4 Å². The van der Waals surface area contributed by atoms with Crippen molar-refractivity contribution in [3.05, 3.63) is 34.3 Å². The molecule has 1 aromatic carbocycles. The van der Waals surface area contributed by atoms with Crippen LogP contribution >= 0.6 is 15.9 Å². The van der Waals surface area contributed by atoms with Gasteiger partial charge in [0.05, 0.1) is 6.04 Å². The molecule has 1 aliphatic heterocycles. The van der Waals surface area contributed by atoms with Gasteiger partial charge in [0.15, 0.2) is 0 Å². The highest BCUT2D eigenvalue weighted by molar-refractivity contribution is 9.10. The van der Waals surface area contributed by atoms with Gasteiger partial charge in [-0.3, -0.25) is 9.59 Å². The Bertz CT molecular complexity index is 513. The smallest absolute Gasteiger partial charge is 0.311 e. The second kappa shape index (κ2) is 7.56. The van der Waals surface area contributed by atoms with E-state index in [1.165, 1.54) is 0 Å². The second-order valence-corrected chi connectivity index (χ2v) is 6.06. The molecular formula is C15H20BrN3O2. The van der Waals surface area contributed by atoms with Crippen LogP contribution in [0.15, 0.2) is 28.7 Å². The molecule has 0 spiro atoms. The second-order valence-electron chi connectivity index (χ2n) is 5.15. The molecule has 1 unspecified atom stereocenters. The molecule has 1 aromatic rings. The zero-order valence-corrected chi connectivity index (χ0v) is 13.6. The van der Waals surface area contributed by atoms with Gasteiger partial charge in [-0.05, 0) is 37.6 Å². The average Bonchev–Trinajstić information content (AvgIpc) is 2.75. The topological polar surface area (TPSA) is 61.4 Å². The molecule has 0 radical (unpaired) electrons. The van der Waals surface area contributed by atoms with Crippen LogP contribution in [0.5, 0.6) is 0 Å². The monoisotopic (exact) mass is 353 g/mol. The average molecular weight is 354 g/mol. The zero-order chi connectivity index (χ0) is 15.2. The van der Waals surface area contributed by atoms with E-state index in [0.29, 0.717) is 13.1 Å². The van der Waals surface area contributed by atoms with E-state index in [1.54, 1.807) is 4.90 Å². The lowest BCUT2D eigenvalue weighted by Gasteiger charge is -2.21. The molecule has 2 N–H and O–H groups in total. The summed E-state index contributed by atoms with van der Waals surface area (Å²) in [5.74, 6) is -0.982. The third-order valence-corrected chi connectivity index (χ3v) is 4.01. The third-order valence-electron chi connectivity index (χ3n) is 3.52. The molecule has 5 nitrogen and oxygen atoms in total. The first-order chi connectivity index (χ1) is 10.1. The Balaban J connectivity index is 1.95. The summed E-state index contributed by atoms with van der Waals surface area (Å²) in [5, 5.41) is 5.98. The van der Waals surface area contributed by atoms with Crippen LogP contribution in [0.2, 0.25) is 0 Å². The Morgan fingerprint density at radius 2 is 2.14 bits per heavy atom. The van der Waals surface area contributed by atoms with Gasteiger partial charge in [0.2, 0.25) is 0 Å². The number of benzene rings is 1. The van der Waals surface area contributed by atoms with Crippen molar-refractivity contribution in [2.75, 3.05) is 26.2 Å². The van der Waals surface area contributed by atoms with Crippen molar-refractivity contribution in [1.82, 2.24) is 15.5 Å². The lowest BCUT2D eigenvalue weighted by molar-refractivity contribution is -0.146. The first-order valence-electron chi connectivity index (χ1n) is 7.14. The fourth-order valence-corrected chi connectivity index (χ4v) is 2.73. The van der Waals surface area contributed by atoms with Crippen molar-refractivity contribution < 1.29 is 9.59 Å². The highest BCUT2D eigenvalue weighted by Crippen LogP contribution is 2.17. The number of carbonyl (C=O) groups excluding carboxylic acids is 2. The molecule has 1 aliphatic rings. The number of nitrogens with one attached hydrogen (secondary N) is 2. The van der Waals surface area contributed by atoms with Gasteiger partial charge in [-0.2, -0.15) is 0 Å². The van der Waals surface area contributed by atoms with Gasteiger partial charge in [-0.15, -0.1) is 0 Å². The summed E-state index contributed by atoms with van der Waals surface area (Å²) in [6, 6.07) is 7.49. The van der Waals surface area contributed by atoms with Crippen molar-refractivity contribution in [3.63, 3.8) is 0 Å². The van der Waals surface area contributed by atoms with E-state index in [-0.39, 0.29) is 6.04 Å². The van der Waals surface area contributed by atoms with Crippen LogP contribution in [0.4, 0.5) is 0 Å². The van der Waals surface area contributed by atoms with Gasteiger partial charge in [0.1, 0.15) is 0 Å². The number of rotatable bonds is 2. The maximum absolute atomic E-state index is 12.2. The Morgan fingerprint density at radius 3 is 2.90 bits per heavy atom. The number of halogens is 1. The first kappa shape index (κ1) is 16.0. The molecule has 0 bridgehead atoms. The lowest BCUT2D eigenvalue weighted by atomic mass is 10.1. The van der Waals surface area contributed by atoms with Crippen LogP contribution < -0.4 is 10.6 Å². The van der Waals surface area contributed by atoms with Gasteiger partial charge in [-0.1, -0.05) is 28.1 Å². The van der Waals surface area contributed by atoms with Gasteiger partial charge >= 0.3 is 11.8 Å². The molecular weight excluding hydrogens is 334 g/mol. The number of hydrogen-bond acceptors (Lipinski definition) is 3. The van der Waals surface area contributed by atoms with Gasteiger partial charge in [-0.25, -0.2) is 0 Å². The predicted octanol–water partition coefficient (Wildman–Crippen LogP) is 1.45. The molecule has 1 heterocycles. The summed E-state index contributed by atoms with van der Waals surface area (Å²) in [6.07, 6.45) is 0.875. The van der Waals surface area contributed by atoms with Crippen molar-refractivity contribution >= 4 is 27.7 Å². The van der Waals surface area contributed by atoms with Crippen molar-refractivity contribution in [2.24, 2.45) is 0 Å². The molecule has 21 heavy (non-hydrogen) atoms. The van der Waals surface area contributed by atoms with E-state index in [4.69, 9.17) is 0 Å². The maximum Gasteiger partial charge on any atom is 0.311 e. The van der Waals surface area contributed by atoms with Crippen LogP contribution in [0, 0.1) is 0 Å². The highest BCUT2D eigenvalue weighted by Gasteiger charge is 2.23. The minimum atomic E-state index is -0.538. The molecule has 1 fully saturated rings. The van der Waals surface area contributed by atoms with E-state index in [9.17, 15) is 9.59 Å². The summed E-state index contributed by atoms with van der Waals surface area (Å²) in [7, 11) is 0. The van der Waals surface area contributed by atoms with E-state index in [1.807, 2.05) is 31.2 Å². The molecule has 0 aliphatic carbocycles. The summed E-state index contributed by atoms with van der Waals surface area (Å²) in [6.45, 7) is 4.71. The molecule has 2 amide bonds. The summed E-state index contributed by atoms with van der Waals surface area (Å²) in [4.78, 5) is 25.9. The summed E-state index contributed by atoms with van der Waals surface area (Å²) in [5.41, 5.74) is 0.961. The Kier molecular flexibility index (Phi) is 5.76. The van der Waals surface area contributed by atoms with Crippen LogP contribution in [-0.2, 0) is 9.59 Å². The molecule has 114 valence electrons. The standard InChI is InChI=1S/C15H20BrN3O2/c1-11(12-4-2-5-13(16)10-12)18-14(20)15(21)19-8-3-6-17-7-9-19/h2,4-5,10-11,17H,3,6-9H2,1H3,(H,18,20). The molecule has 1 atom stereocenters. The number of carbonyl (C=O) groups is 2. The summed E-state index contributed by atoms with van der Waals surface area (Å²) >= 11 is 3.40. The highest BCUT2D eigenvalue weighted by atomic mass is 79.9. The molecule has 0 saturated carbocycles. The third kappa shape index (κ3) is 4.54. The molecule has 0 aromatic heterocycles. The fraction of sp³-hybridized carbons (Fsp3) is 0.467. The van der Waals surface area contributed by atoms with Crippen molar-refractivity contribution in [3.8, 4) is 0 Å². The SMILES string of the molecule is CC(NC(=O)C(=O)N1CCCNCC1)c1cccc(Br)c1. The quantitative estimate of drug-likeness (QED) is 0.791. The molecule has 1 saturated heterocycles. The Labute approximate surface area is 133 Å². The minimum absolute atomic E-state index is 0.205. The largest absolute Gasteiger partial charge is 0.341 e. The number of amides is 2. The number of nitrogens with zero attached hydrogens (tertiary/aromatic N) is 1. The van der Waals surface area contributed by atoms with Crippen LogP contribution in [-0.4, -0.2) is 42.9 Å². The lowest BCUT2D eigenvalue weighted by Crippen LogP contribution is -2.45. The van der Waals surface area contributed by atoms with E-state index in [2.05, 4.69) is 26.6 Å². The van der Waals surface area contributed by atoms with Gasteiger partial charge < -0.3 is 15.5 Å². The maximum atomic E-state index is 12.2. The fourth-order valence-electron chi connectivity index (χ4n) is 2.31. The van der Waals surface area contributed by atoms with Crippen LogP contribution in [0.25, 0.3) is 0 Å². The van der Waals surface area contributed by atoms with Crippen LogP contribution in [0.3, 0.4) is 0 Å². The first-order valence-corrected chi connectivity index (χ1v) is 7.93. The van der Waals surface area contributed by atoms with Crippen LogP contribution in [0.1, 0.15) is 24.9 Å². The van der Waals surface area contributed by atoms with E-state index in [0.717, 1.165) is 29.5 Å². The molecule has 6 heteroatoms. The molecule has 2 rings (SSSR count). The van der Waals surface area contributed by atoms with E-state index < -0.39 is 11.8 Å². The minimum Gasteiger partial charge on any atom is -0.341 e. The van der Waals surface area contributed by atoms with Crippen molar-refractivity contribution in [1.29, 1.82) is 0 Å². The van der Waals surface area contributed by atoms with E-state index >= 15 is 0 Å². The Morgan fingerprint density at radius 1 is 1.33 bits per heavy atom. The number of hydrogen-bond donors (Lipinski definition) is 2. The van der Waals surface area contributed by atoms with Gasteiger partial charge in [0, 0.05) is 24.1 Å².